The molecule has 2 rings (SSSR count). The van der Waals surface area contributed by atoms with Gasteiger partial charge in [0.2, 0.25) is 0 Å². The van der Waals surface area contributed by atoms with Gasteiger partial charge in [-0.1, -0.05) is 11.6 Å². The third-order valence-electron chi connectivity index (χ3n) is 3.17. The van der Waals surface area contributed by atoms with E-state index in [-0.39, 0.29) is 6.04 Å². The van der Waals surface area contributed by atoms with Crippen LogP contribution in [0.2, 0.25) is 5.15 Å². The highest BCUT2D eigenvalue weighted by Gasteiger charge is 2.27. The summed E-state index contributed by atoms with van der Waals surface area (Å²) in [4.78, 5) is 22.0. The molecular formula is C14H21ClN4O2. The highest BCUT2D eigenvalue weighted by Crippen LogP contribution is 2.24. The zero-order chi connectivity index (χ0) is 15.5. The maximum Gasteiger partial charge on any atom is 0.407 e. The van der Waals surface area contributed by atoms with Crippen LogP contribution in [-0.4, -0.2) is 40.8 Å². The van der Waals surface area contributed by atoms with Gasteiger partial charge in [-0.3, -0.25) is 0 Å². The third kappa shape index (κ3) is 4.74. The second-order valence-corrected chi connectivity index (χ2v) is 6.46. The molecule has 1 aliphatic rings. The van der Waals surface area contributed by atoms with Gasteiger partial charge >= 0.3 is 6.09 Å². The summed E-state index contributed by atoms with van der Waals surface area (Å²) in [6, 6.07) is 1.94. The quantitative estimate of drug-likeness (QED) is 0.869. The van der Waals surface area contributed by atoms with Crippen LogP contribution in [0.5, 0.6) is 0 Å². The molecule has 1 N–H and O–H groups in total. The van der Waals surface area contributed by atoms with E-state index in [9.17, 15) is 4.79 Å². The van der Waals surface area contributed by atoms with Crippen molar-refractivity contribution in [2.45, 2.75) is 45.3 Å². The number of anilines is 1. The molecule has 1 aromatic rings. The third-order valence-corrected chi connectivity index (χ3v) is 3.38. The highest BCUT2D eigenvalue weighted by atomic mass is 35.5. The molecule has 1 saturated heterocycles. The molecule has 0 bridgehead atoms. The van der Waals surface area contributed by atoms with E-state index in [1.807, 2.05) is 20.8 Å². The minimum Gasteiger partial charge on any atom is -0.444 e. The molecule has 2 heterocycles. The minimum absolute atomic E-state index is 0.198. The highest BCUT2D eigenvalue weighted by molar-refractivity contribution is 6.29. The number of halogens is 1. The smallest absolute Gasteiger partial charge is 0.407 e. The molecule has 1 fully saturated rings. The number of amides is 1. The molecule has 1 aromatic heterocycles. The van der Waals surface area contributed by atoms with Crippen molar-refractivity contribution < 1.29 is 9.53 Å². The Bertz CT molecular complexity index is 504. The lowest BCUT2D eigenvalue weighted by molar-refractivity contribution is 0.0525. The predicted octanol–water partition coefficient (Wildman–Crippen LogP) is 2.62. The molecule has 21 heavy (non-hydrogen) atoms. The van der Waals surface area contributed by atoms with E-state index in [0.29, 0.717) is 11.7 Å². The molecule has 0 radical (unpaired) electrons. The van der Waals surface area contributed by atoms with Crippen LogP contribution in [0, 0.1) is 0 Å². The Labute approximate surface area is 129 Å². The van der Waals surface area contributed by atoms with Crippen molar-refractivity contribution in [1.29, 1.82) is 0 Å². The molecule has 1 atom stereocenters. The summed E-state index contributed by atoms with van der Waals surface area (Å²) in [7, 11) is 0. The van der Waals surface area contributed by atoms with Gasteiger partial charge in [-0.05, 0) is 33.6 Å². The largest absolute Gasteiger partial charge is 0.444 e. The second-order valence-electron chi connectivity index (χ2n) is 6.07. The summed E-state index contributed by atoms with van der Waals surface area (Å²) in [5.41, 5.74) is -0.486. The topological polar surface area (TPSA) is 67.3 Å². The van der Waals surface area contributed by atoms with E-state index in [4.69, 9.17) is 16.3 Å². The molecular weight excluding hydrogens is 292 g/mol. The van der Waals surface area contributed by atoms with Crippen molar-refractivity contribution >= 4 is 23.5 Å². The van der Waals surface area contributed by atoms with Gasteiger partial charge < -0.3 is 15.0 Å². The summed E-state index contributed by atoms with van der Waals surface area (Å²) in [6.45, 7) is 6.95. The standard InChI is InChI=1S/C14H21ClN4O2/c1-14(2,3)21-13(20)16-8-10-5-4-6-19(10)12-7-11(15)17-9-18-12/h7,9-10H,4-6,8H2,1-3H3,(H,16,20). The van der Waals surface area contributed by atoms with Gasteiger partial charge in [0.1, 0.15) is 22.9 Å². The van der Waals surface area contributed by atoms with Crippen LogP contribution in [0.3, 0.4) is 0 Å². The molecule has 7 heteroatoms. The zero-order valence-corrected chi connectivity index (χ0v) is 13.4. The summed E-state index contributed by atoms with van der Waals surface area (Å²) in [5.74, 6) is 0.795. The lowest BCUT2D eigenvalue weighted by Crippen LogP contribution is -2.42. The molecule has 0 aliphatic carbocycles. The number of nitrogens with one attached hydrogen (secondary N) is 1. The molecule has 1 amide bonds. The van der Waals surface area contributed by atoms with Gasteiger partial charge in [-0.25, -0.2) is 14.8 Å². The molecule has 0 aromatic carbocycles. The van der Waals surface area contributed by atoms with Crippen LogP contribution < -0.4 is 10.2 Å². The Morgan fingerprint density at radius 2 is 2.29 bits per heavy atom. The first-order chi connectivity index (χ1) is 9.85. The number of carbonyl (C=O) groups excluding carboxylic acids is 1. The lowest BCUT2D eigenvalue weighted by Gasteiger charge is -2.26. The first-order valence-electron chi connectivity index (χ1n) is 7.06. The number of carbonyl (C=O) groups is 1. The molecule has 1 unspecified atom stereocenters. The van der Waals surface area contributed by atoms with Crippen molar-refractivity contribution in [2.24, 2.45) is 0 Å². The molecule has 116 valence electrons. The lowest BCUT2D eigenvalue weighted by atomic mass is 10.2. The monoisotopic (exact) mass is 312 g/mol. The van der Waals surface area contributed by atoms with Crippen LogP contribution in [0.4, 0.5) is 10.6 Å². The van der Waals surface area contributed by atoms with Crippen LogP contribution in [-0.2, 0) is 4.74 Å². The van der Waals surface area contributed by atoms with Crippen molar-refractivity contribution in [3.05, 3.63) is 17.5 Å². The summed E-state index contributed by atoms with van der Waals surface area (Å²) in [6.07, 6.45) is 3.11. The second kappa shape index (κ2) is 6.47. The van der Waals surface area contributed by atoms with Gasteiger partial charge in [-0.15, -0.1) is 0 Å². The number of nitrogens with zero attached hydrogens (tertiary/aromatic N) is 3. The summed E-state index contributed by atoms with van der Waals surface area (Å²) in [5, 5.41) is 3.24. The zero-order valence-electron chi connectivity index (χ0n) is 12.6. The van der Waals surface area contributed by atoms with Gasteiger partial charge in [0.05, 0.1) is 0 Å². The van der Waals surface area contributed by atoms with E-state index >= 15 is 0 Å². The number of hydrogen-bond acceptors (Lipinski definition) is 5. The van der Waals surface area contributed by atoms with Crippen molar-refractivity contribution in [2.75, 3.05) is 18.0 Å². The first kappa shape index (κ1) is 15.8. The number of ether oxygens (including phenoxy) is 1. The van der Waals surface area contributed by atoms with E-state index in [1.54, 1.807) is 6.07 Å². The normalized spacial score (nSPS) is 18.7. The van der Waals surface area contributed by atoms with E-state index in [1.165, 1.54) is 6.33 Å². The van der Waals surface area contributed by atoms with Crippen molar-refractivity contribution in [3.8, 4) is 0 Å². The van der Waals surface area contributed by atoms with Crippen LogP contribution in [0.15, 0.2) is 12.4 Å². The van der Waals surface area contributed by atoms with Crippen molar-refractivity contribution in [3.63, 3.8) is 0 Å². The fourth-order valence-electron chi connectivity index (χ4n) is 2.35. The van der Waals surface area contributed by atoms with Gasteiger partial charge in [0.15, 0.2) is 0 Å². The fourth-order valence-corrected chi connectivity index (χ4v) is 2.49. The van der Waals surface area contributed by atoms with E-state index < -0.39 is 11.7 Å². The Balaban J connectivity index is 1.92. The van der Waals surface area contributed by atoms with Crippen LogP contribution in [0.1, 0.15) is 33.6 Å². The Hall–Kier alpha value is -1.56. The average Bonchev–Trinajstić information content (AvgIpc) is 2.82. The Morgan fingerprint density at radius 1 is 1.52 bits per heavy atom. The Kier molecular flexibility index (Phi) is 4.88. The molecule has 0 saturated carbocycles. The Morgan fingerprint density at radius 3 is 2.95 bits per heavy atom. The molecule has 1 aliphatic heterocycles. The fraction of sp³-hybridized carbons (Fsp3) is 0.643. The molecule has 0 spiro atoms. The number of hydrogen-bond donors (Lipinski definition) is 1. The van der Waals surface area contributed by atoms with Gasteiger partial charge in [-0.2, -0.15) is 0 Å². The van der Waals surface area contributed by atoms with E-state index in [0.717, 1.165) is 25.2 Å². The summed E-state index contributed by atoms with van der Waals surface area (Å²) < 4.78 is 5.24. The maximum atomic E-state index is 11.7. The first-order valence-corrected chi connectivity index (χ1v) is 7.44. The molecule has 6 nitrogen and oxygen atoms in total. The van der Waals surface area contributed by atoms with Crippen molar-refractivity contribution in [1.82, 2.24) is 15.3 Å². The van der Waals surface area contributed by atoms with Crippen LogP contribution in [0.25, 0.3) is 0 Å². The van der Waals surface area contributed by atoms with Crippen LogP contribution >= 0.6 is 11.6 Å². The SMILES string of the molecule is CC(C)(C)OC(=O)NCC1CCCN1c1cc(Cl)ncn1. The average molecular weight is 313 g/mol. The van der Waals surface area contributed by atoms with E-state index in [2.05, 4.69) is 20.2 Å². The summed E-state index contributed by atoms with van der Waals surface area (Å²) >= 11 is 5.90. The number of alkyl carbamates (subject to hydrolysis) is 1. The number of rotatable bonds is 3. The minimum atomic E-state index is -0.486. The maximum absolute atomic E-state index is 11.7. The predicted molar refractivity (Wildman–Crippen MR) is 81.6 cm³/mol. The van der Waals surface area contributed by atoms with Gasteiger partial charge in [0.25, 0.3) is 0 Å². The number of aromatic nitrogens is 2. The van der Waals surface area contributed by atoms with Gasteiger partial charge in [0, 0.05) is 25.2 Å².